The maximum absolute atomic E-state index is 15.1. The van der Waals surface area contributed by atoms with Crippen molar-refractivity contribution in [1.29, 1.82) is 0 Å². The fraction of sp³-hybridized carbons (Fsp3) is 0.276. The molecule has 1 aliphatic rings. The van der Waals surface area contributed by atoms with Crippen LogP contribution < -0.4 is 23.7 Å². The molecule has 1 fully saturated rings. The summed E-state index contributed by atoms with van der Waals surface area (Å²) >= 11 is 0. The normalized spacial score (nSPS) is 14.3. The zero-order chi connectivity index (χ0) is 31.3. The van der Waals surface area contributed by atoms with E-state index in [-0.39, 0.29) is 17.2 Å². The van der Waals surface area contributed by atoms with E-state index >= 15 is 4.39 Å². The molecule has 5 rings (SSSR count). The first-order valence-electron chi connectivity index (χ1n) is 13.3. The van der Waals surface area contributed by atoms with Gasteiger partial charge in [-0.1, -0.05) is 12.1 Å². The quantitative estimate of drug-likeness (QED) is 0.211. The van der Waals surface area contributed by atoms with Crippen LogP contribution in [-0.4, -0.2) is 71.2 Å². The highest BCUT2D eigenvalue weighted by atomic mass is 32.2. The van der Waals surface area contributed by atoms with Crippen molar-refractivity contribution in [2.75, 3.05) is 51.3 Å². The molecule has 1 saturated heterocycles. The molecule has 1 N–H and O–H groups in total. The number of alkyl halides is 3. The number of anilines is 1. The summed E-state index contributed by atoms with van der Waals surface area (Å²) in [6.07, 6.45) is -3.64. The number of methoxy groups -OCH3 is 1. The van der Waals surface area contributed by atoms with Gasteiger partial charge in [-0.25, -0.2) is 12.8 Å². The number of sulfonamides is 1. The van der Waals surface area contributed by atoms with E-state index < -0.39 is 32.8 Å². The molecule has 0 bridgehead atoms. The van der Waals surface area contributed by atoms with Gasteiger partial charge in [0, 0.05) is 43.4 Å². The minimum absolute atomic E-state index is 0.235. The number of hydrogen-bond donors (Lipinski definition) is 1. The van der Waals surface area contributed by atoms with Crippen LogP contribution in [0.1, 0.15) is 0 Å². The van der Waals surface area contributed by atoms with Gasteiger partial charge in [0.05, 0.1) is 31.5 Å². The third-order valence-corrected chi connectivity index (χ3v) is 7.94. The maximum Gasteiger partial charge on any atom is 0.573 e. The first-order chi connectivity index (χ1) is 21.0. The number of benzene rings is 3. The van der Waals surface area contributed by atoms with Gasteiger partial charge in [-0.05, 0) is 36.4 Å². The number of nitrogens with zero attached hydrogens (tertiary/aromatic N) is 2. The zero-order valence-corrected chi connectivity index (χ0v) is 24.1. The second-order valence-corrected chi connectivity index (χ2v) is 11.1. The minimum atomic E-state index is -5.12. The Morgan fingerprint density at radius 1 is 0.955 bits per heavy atom. The second kappa shape index (κ2) is 13.1. The van der Waals surface area contributed by atoms with Gasteiger partial charge in [-0.15, -0.1) is 13.2 Å². The summed E-state index contributed by atoms with van der Waals surface area (Å²) in [6.45, 7) is 4.14. The Hall–Kier alpha value is -4.34. The van der Waals surface area contributed by atoms with E-state index in [1.54, 1.807) is 12.1 Å². The standard InChI is InChI=1S/C29H27F4N3O7S/c1-39-26-17-20-22(18-27(26)41-15-12-36-10-13-40-14-11-36)34-9-8-23(20)42-24-7-6-19(16-21(24)30)35-44(37,38)28-5-3-2-4-25(28)43-29(31,32)33/h2-9,16-18,35H,10-15H2,1H3. The fourth-order valence-electron chi connectivity index (χ4n) is 4.46. The molecule has 0 amide bonds. The van der Waals surface area contributed by atoms with E-state index in [1.165, 1.54) is 43.6 Å². The van der Waals surface area contributed by atoms with Gasteiger partial charge in [-0.3, -0.25) is 14.6 Å². The average molecular weight is 638 g/mol. The van der Waals surface area contributed by atoms with Gasteiger partial charge in [-0.2, -0.15) is 0 Å². The molecule has 0 saturated carbocycles. The fourth-order valence-corrected chi connectivity index (χ4v) is 5.64. The summed E-state index contributed by atoms with van der Waals surface area (Å²) in [5.74, 6) is -0.992. The smallest absolute Gasteiger partial charge is 0.493 e. The molecule has 1 aliphatic heterocycles. The molecule has 44 heavy (non-hydrogen) atoms. The summed E-state index contributed by atoms with van der Waals surface area (Å²) in [6, 6.07) is 12.3. The number of para-hydroxylation sites is 1. The Balaban J connectivity index is 1.32. The summed E-state index contributed by atoms with van der Waals surface area (Å²) < 4.78 is 108. The highest BCUT2D eigenvalue weighted by Crippen LogP contribution is 2.38. The maximum atomic E-state index is 15.1. The van der Waals surface area contributed by atoms with Crippen LogP contribution in [0, 0.1) is 5.82 Å². The highest BCUT2D eigenvalue weighted by molar-refractivity contribution is 7.92. The molecule has 0 aliphatic carbocycles. The number of morpholine rings is 1. The van der Waals surface area contributed by atoms with Crippen molar-refractivity contribution < 1.29 is 49.7 Å². The second-order valence-electron chi connectivity index (χ2n) is 9.48. The van der Waals surface area contributed by atoms with Crippen molar-refractivity contribution in [3.8, 4) is 28.7 Å². The lowest BCUT2D eigenvalue weighted by Crippen LogP contribution is -2.38. The highest BCUT2D eigenvalue weighted by Gasteiger charge is 2.34. The predicted molar refractivity (Wildman–Crippen MR) is 151 cm³/mol. The van der Waals surface area contributed by atoms with Gasteiger partial charge < -0.3 is 23.7 Å². The lowest BCUT2D eigenvalue weighted by molar-refractivity contribution is -0.275. The van der Waals surface area contributed by atoms with Gasteiger partial charge in [0.1, 0.15) is 23.0 Å². The Morgan fingerprint density at radius 2 is 1.73 bits per heavy atom. The lowest BCUT2D eigenvalue weighted by Gasteiger charge is -2.26. The first kappa shape index (κ1) is 31.1. The SMILES string of the molecule is COc1cc2c(Oc3ccc(NS(=O)(=O)c4ccccc4OC(F)(F)F)cc3F)ccnc2cc1OCCN1CCOCC1. The van der Waals surface area contributed by atoms with Crippen LogP contribution in [-0.2, 0) is 14.8 Å². The van der Waals surface area contributed by atoms with Crippen LogP contribution in [0.25, 0.3) is 10.9 Å². The van der Waals surface area contributed by atoms with Crippen LogP contribution in [0.5, 0.6) is 28.7 Å². The third-order valence-electron chi connectivity index (χ3n) is 6.52. The van der Waals surface area contributed by atoms with Crippen LogP contribution >= 0.6 is 0 Å². The van der Waals surface area contributed by atoms with Crippen LogP contribution in [0.3, 0.4) is 0 Å². The van der Waals surface area contributed by atoms with E-state index in [0.717, 1.165) is 31.3 Å². The molecule has 234 valence electrons. The Bertz CT molecular complexity index is 1730. The number of pyridine rings is 1. The Kier molecular flexibility index (Phi) is 9.27. The molecule has 0 spiro atoms. The molecule has 1 aromatic heterocycles. The number of fused-ring (bicyclic) bond motifs is 1. The molecule has 0 radical (unpaired) electrons. The Morgan fingerprint density at radius 3 is 2.45 bits per heavy atom. The van der Waals surface area contributed by atoms with Crippen LogP contribution in [0.15, 0.2) is 71.8 Å². The van der Waals surface area contributed by atoms with Gasteiger partial charge in [0.15, 0.2) is 23.1 Å². The molecule has 10 nitrogen and oxygen atoms in total. The number of ether oxygens (including phenoxy) is 5. The van der Waals surface area contributed by atoms with Crippen molar-refractivity contribution in [3.63, 3.8) is 0 Å². The van der Waals surface area contributed by atoms with E-state index in [1.807, 2.05) is 0 Å². The molecule has 2 heterocycles. The number of rotatable bonds is 11. The van der Waals surface area contributed by atoms with E-state index in [2.05, 4.69) is 19.3 Å². The summed E-state index contributed by atoms with van der Waals surface area (Å²) in [4.78, 5) is 5.81. The topological polar surface area (TPSA) is 108 Å². The van der Waals surface area contributed by atoms with Crippen molar-refractivity contribution in [1.82, 2.24) is 9.88 Å². The average Bonchev–Trinajstić information content (AvgIpc) is 2.98. The molecule has 0 atom stereocenters. The largest absolute Gasteiger partial charge is 0.573 e. The van der Waals surface area contributed by atoms with Crippen molar-refractivity contribution in [3.05, 3.63) is 72.7 Å². The number of hydrogen-bond acceptors (Lipinski definition) is 9. The minimum Gasteiger partial charge on any atom is -0.493 e. The summed E-state index contributed by atoms with van der Waals surface area (Å²) in [7, 11) is -3.10. The molecule has 15 heteroatoms. The number of aromatic nitrogens is 1. The van der Waals surface area contributed by atoms with Gasteiger partial charge in [0.2, 0.25) is 0 Å². The predicted octanol–water partition coefficient (Wildman–Crippen LogP) is 5.59. The van der Waals surface area contributed by atoms with Gasteiger partial charge in [0.25, 0.3) is 10.0 Å². The van der Waals surface area contributed by atoms with Crippen molar-refractivity contribution >= 4 is 26.6 Å². The molecule has 3 aromatic carbocycles. The summed E-state index contributed by atoms with van der Waals surface area (Å²) in [5, 5.41) is 0.496. The van der Waals surface area contributed by atoms with Crippen molar-refractivity contribution in [2.24, 2.45) is 0 Å². The van der Waals surface area contributed by atoms with E-state index in [9.17, 15) is 21.6 Å². The van der Waals surface area contributed by atoms with Crippen LogP contribution in [0.2, 0.25) is 0 Å². The van der Waals surface area contributed by atoms with Gasteiger partial charge >= 0.3 is 6.36 Å². The summed E-state index contributed by atoms with van der Waals surface area (Å²) in [5.41, 5.74) is 0.242. The van der Waals surface area contributed by atoms with E-state index in [4.69, 9.17) is 18.9 Å². The number of halogens is 4. The Labute approximate surface area is 250 Å². The first-order valence-corrected chi connectivity index (χ1v) is 14.8. The molecule has 0 unspecified atom stereocenters. The molecule has 4 aromatic rings. The van der Waals surface area contributed by atoms with Crippen molar-refractivity contribution in [2.45, 2.75) is 11.3 Å². The molecular weight excluding hydrogens is 610 g/mol. The number of nitrogens with one attached hydrogen (secondary N) is 1. The van der Waals surface area contributed by atoms with E-state index in [0.29, 0.717) is 48.8 Å². The lowest BCUT2D eigenvalue weighted by atomic mass is 10.1. The monoisotopic (exact) mass is 637 g/mol. The zero-order valence-electron chi connectivity index (χ0n) is 23.3. The van der Waals surface area contributed by atoms with Crippen LogP contribution in [0.4, 0.5) is 23.2 Å². The molecular formula is C29H27F4N3O7S. The third kappa shape index (κ3) is 7.59.